The second-order valence-corrected chi connectivity index (χ2v) is 5.97. The molecule has 2 aromatic heterocycles. The van der Waals surface area contributed by atoms with E-state index in [0.717, 1.165) is 10.4 Å². The van der Waals surface area contributed by atoms with Crippen molar-refractivity contribution in [3.05, 3.63) is 58.8 Å². The predicted molar refractivity (Wildman–Crippen MR) is 84.6 cm³/mol. The molecular formula is C16H15N3O2S. The largest absolute Gasteiger partial charge is 0.337 e. The van der Waals surface area contributed by atoms with Gasteiger partial charge in [0.2, 0.25) is 11.7 Å². The van der Waals surface area contributed by atoms with Gasteiger partial charge < -0.3 is 9.42 Å². The van der Waals surface area contributed by atoms with Gasteiger partial charge >= 0.3 is 0 Å². The lowest BCUT2D eigenvalue weighted by atomic mass is 10.1. The lowest BCUT2D eigenvalue weighted by molar-refractivity contribution is 0.0769. The first-order valence-electron chi connectivity index (χ1n) is 6.82. The maximum absolute atomic E-state index is 12.4. The maximum atomic E-state index is 12.4. The molecule has 1 amide bonds. The van der Waals surface area contributed by atoms with E-state index < -0.39 is 0 Å². The highest BCUT2D eigenvalue weighted by molar-refractivity contribution is 7.13. The molecule has 6 heteroatoms. The number of carbonyl (C=O) groups is 1. The van der Waals surface area contributed by atoms with Crippen molar-refractivity contribution in [2.24, 2.45) is 0 Å². The monoisotopic (exact) mass is 313 g/mol. The third-order valence-corrected chi connectivity index (χ3v) is 4.06. The Morgan fingerprint density at radius 1 is 1.32 bits per heavy atom. The van der Waals surface area contributed by atoms with Crippen LogP contribution in [-0.2, 0) is 6.54 Å². The van der Waals surface area contributed by atoms with Crippen LogP contribution < -0.4 is 0 Å². The second-order valence-electron chi connectivity index (χ2n) is 5.02. The Hall–Kier alpha value is -2.47. The topological polar surface area (TPSA) is 59.2 Å². The van der Waals surface area contributed by atoms with Gasteiger partial charge in [-0.2, -0.15) is 4.98 Å². The highest BCUT2D eigenvalue weighted by Crippen LogP contribution is 2.21. The van der Waals surface area contributed by atoms with E-state index in [-0.39, 0.29) is 12.5 Å². The number of aromatic nitrogens is 2. The quantitative estimate of drug-likeness (QED) is 0.741. The van der Waals surface area contributed by atoms with Crippen LogP contribution in [0.1, 0.15) is 21.8 Å². The van der Waals surface area contributed by atoms with E-state index in [1.807, 2.05) is 42.6 Å². The van der Waals surface area contributed by atoms with Crippen LogP contribution in [0.5, 0.6) is 0 Å². The minimum Gasteiger partial charge on any atom is -0.337 e. The van der Waals surface area contributed by atoms with Gasteiger partial charge in [0.25, 0.3) is 5.91 Å². The molecule has 5 nitrogen and oxygen atoms in total. The summed E-state index contributed by atoms with van der Waals surface area (Å²) in [7, 11) is 1.72. The number of nitrogens with zero attached hydrogens (tertiary/aromatic N) is 3. The Kier molecular flexibility index (Phi) is 4.02. The van der Waals surface area contributed by atoms with Crippen molar-refractivity contribution in [3.63, 3.8) is 0 Å². The second kappa shape index (κ2) is 6.11. The summed E-state index contributed by atoms with van der Waals surface area (Å²) < 4.78 is 5.22. The summed E-state index contributed by atoms with van der Waals surface area (Å²) in [4.78, 5) is 19.2. The molecule has 0 spiro atoms. The molecule has 0 N–H and O–H groups in total. The molecular weight excluding hydrogens is 298 g/mol. The van der Waals surface area contributed by atoms with Crippen molar-refractivity contribution < 1.29 is 9.32 Å². The van der Waals surface area contributed by atoms with E-state index in [1.54, 1.807) is 29.4 Å². The van der Waals surface area contributed by atoms with Gasteiger partial charge in [-0.05, 0) is 30.5 Å². The van der Waals surface area contributed by atoms with Gasteiger partial charge in [-0.15, -0.1) is 11.3 Å². The SMILES string of the molecule is Cc1cccc(C(=O)N(C)Cc2nc(-c3cccs3)no2)c1. The molecule has 0 saturated heterocycles. The van der Waals surface area contributed by atoms with Crippen LogP contribution in [0.3, 0.4) is 0 Å². The minimum absolute atomic E-state index is 0.0698. The molecule has 0 saturated carbocycles. The molecule has 0 radical (unpaired) electrons. The van der Waals surface area contributed by atoms with E-state index in [2.05, 4.69) is 10.1 Å². The molecule has 22 heavy (non-hydrogen) atoms. The Morgan fingerprint density at radius 3 is 2.91 bits per heavy atom. The molecule has 3 aromatic rings. The molecule has 0 aliphatic heterocycles. The standard InChI is InChI=1S/C16H15N3O2S/c1-11-5-3-6-12(9-11)16(20)19(2)10-14-17-15(18-21-14)13-7-4-8-22-13/h3-9H,10H2,1-2H3. The van der Waals surface area contributed by atoms with Crippen molar-refractivity contribution in [3.8, 4) is 10.7 Å². The summed E-state index contributed by atoms with van der Waals surface area (Å²) in [6.07, 6.45) is 0. The van der Waals surface area contributed by atoms with Gasteiger partial charge in [-0.1, -0.05) is 28.9 Å². The highest BCUT2D eigenvalue weighted by Gasteiger charge is 2.16. The smallest absolute Gasteiger partial charge is 0.254 e. The summed E-state index contributed by atoms with van der Waals surface area (Å²) in [6, 6.07) is 11.4. The molecule has 0 fully saturated rings. The first-order valence-corrected chi connectivity index (χ1v) is 7.70. The third kappa shape index (κ3) is 3.07. The Labute approximate surface area is 132 Å². The summed E-state index contributed by atoms with van der Waals surface area (Å²) in [5.74, 6) is 0.910. The van der Waals surface area contributed by atoms with E-state index in [4.69, 9.17) is 4.52 Å². The number of benzene rings is 1. The highest BCUT2D eigenvalue weighted by atomic mass is 32.1. The lowest BCUT2D eigenvalue weighted by Crippen LogP contribution is -2.26. The fraction of sp³-hybridized carbons (Fsp3) is 0.188. The summed E-state index contributed by atoms with van der Waals surface area (Å²) >= 11 is 1.55. The van der Waals surface area contributed by atoms with Gasteiger partial charge in [0.05, 0.1) is 11.4 Å². The number of aryl methyl sites for hydroxylation is 1. The van der Waals surface area contributed by atoms with Crippen molar-refractivity contribution in [1.82, 2.24) is 15.0 Å². The first kappa shape index (κ1) is 14.5. The normalized spacial score (nSPS) is 10.6. The first-order chi connectivity index (χ1) is 10.6. The number of amides is 1. The Bertz CT molecular complexity index is 780. The molecule has 112 valence electrons. The summed E-state index contributed by atoms with van der Waals surface area (Å²) in [5, 5.41) is 5.90. The van der Waals surface area contributed by atoms with Gasteiger partial charge in [0.1, 0.15) is 0 Å². The molecule has 0 atom stereocenters. The zero-order valence-electron chi connectivity index (χ0n) is 12.3. The molecule has 1 aromatic carbocycles. The van der Waals surface area contributed by atoms with Crippen LogP contribution in [0.25, 0.3) is 10.7 Å². The van der Waals surface area contributed by atoms with Crippen LogP contribution in [0, 0.1) is 6.92 Å². The van der Waals surface area contributed by atoms with Crippen LogP contribution in [-0.4, -0.2) is 28.0 Å². The minimum atomic E-state index is -0.0698. The summed E-state index contributed by atoms with van der Waals surface area (Å²) in [5.41, 5.74) is 1.71. The van der Waals surface area contributed by atoms with Crippen LogP contribution in [0.4, 0.5) is 0 Å². The number of hydrogen-bond donors (Lipinski definition) is 0. The van der Waals surface area contributed by atoms with Gasteiger partial charge in [-0.3, -0.25) is 4.79 Å². The van der Waals surface area contributed by atoms with Crippen LogP contribution in [0.15, 0.2) is 46.3 Å². The number of thiophene rings is 1. The number of carbonyl (C=O) groups excluding carboxylic acids is 1. The van der Waals surface area contributed by atoms with Crippen LogP contribution in [0.2, 0.25) is 0 Å². The predicted octanol–water partition coefficient (Wildman–Crippen LogP) is 3.38. The van der Waals surface area contributed by atoms with E-state index in [9.17, 15) is 4.79 Å². The van der Waals surface area contributed by atoms with Crippen molar-refractivity contribution >= 4 is 17.2 Å². The molecule has 0 unspecified atom stereocenters. The third-order valence-electron chi connectivity index (χ3n) is 3.19. The van der Waals surface area contributed by atoms with Crippen molar-refractivity contribution in [1.29, 1.82) is 0 Å². The molecule has 0 aliphatic carbocycles. The average Bonchev–Trinajstić information content (AvgIpc) is 3.17. The molecule has 0 bridgehead atoms. The van der Waals surface area contributed by atoms with Gasteiger partial charge in [-0.25, -0.2) is 0 Å². The molecule has 2 heterocycles. The van der Waals surface area contributed by atoms with Crippen LogP contribution >= 0.6 is 11.3 Å². The zero-order chi connectivity index (χ0) is 15.5. The fourth-order valence-electron chi connectivity index (χ4n) is 2.10. The number of rotatable bonds is 4. The fourth-order valence-corrected chi connectivity index (χ4v) is 2.75. The Morgan fingerprint density at radius 2 is 2.18 bits per heavy atom. The lowest BCUT2D eigenvalue weighted by Gasteiger charge is -2.14. The van der Waals surface area contributed by atoms with E-state index in [1.165, 1.54) is 0 Å². The number of hydrogen-bond acceptors (Lipinski definition) is 5. The van der Waals surface area contributed by atoms with E-state index in [0.29, 0.717) is 17.3 Å². The maximum Gasteiger partial charge on any atom is 0.254 e. The Balaban J connectivity index is 1.71. The summed E-state index contributed by atoms with van der Waals surface area (Å²) in [6.45, 7) is 2.24. The van der Waals surface area contributed by atoms with Gasteiger partial charge in [0.15, 0.2) is 0 Å². The molecule has 3 rings (SSSR count). The van der Waals surface area contributed by atoms with E-state index >= 15 is 0 Å². The van der Waals surface area contributed by atoms with Crippen molar-refractivity contribution in [2.45, 2.75) is 13.5 Å². The zero-order valence-corrected chi connectivity index (χ0v) is 13.1. The molecule has 0 aliphatic rings. The van der Waals surface area contributed by atoms with Gasteiger partial charge in [0, 0.05) is 12.6 Å². The van der Waals surface area contributed by atoms with Crippen molar-refractivity contribution in [2.75, 3.05) is 7.05 Å². The average molecular weight is 313 g/mol.